The number of rotatable bonds is 5. The smallest absolute Gasteiger partial charge is 0.279 e. The molecule has 0 N–H and O–H groups in total. The van der Waals surface area contributed by atoms with E-state index in [2.05, 4.69) is 23.2 Å². The van der Waals surface area contributed by atoms with Gasteiger partial charge in [-0.25, -0.2) is 8.42 Å². The third kappa shape index (κ3) is 3.98. The first-order valence-corrected chi connectivity index (χ1v) is 12.8. The number of thiazole rings is 1. The molecule has 5 aromatic rings. The highest BCUT2D eigenvalue weighted by Crippen LogP contribution is 2.26. The van der Waals surface area contributed by atoms with E-state index in [1.807, 2.05) is 29.8 Å². The van der Waals surface area contributed by atoms with Crippen LogP contribution in [0.3, 0.4) is 0 Å². The third-order valence-corrected chi connectivity index (χ3v) is 8.57. The minimum absolute atomic E-state index is 0.0944. The molecule has 5 rings (SSSR count). The molecule has 0 aliphatic carbocycles. The second-order valence-corrected chi connectivity index (χ2v) is 10.9. The van der Waals surface area contributed by atoms with E-state index in [1.54, 1.807) is 12.1 Å². The number of carbonyl (C=O) groups excluding carboxylic acids is 1. The molecule has 34 heavy (non-hydrogen) atoms. The van der Waals surface area contributed by atoms with Crippen molar-refractivity contribution in [2.75, 3.05) is 7.05 Å². The van der Waals surface area contributed by atoms with Gasteiger partial charge in [-0.1, -0.05) is 41.7 Å². The van der Waals surface area contributed by atoms with Gasteiger partial charge in [-0.3, -0.25) is 4.79 Å². The zero-order valence-corrected chi connectivity index (χ0v) is 20.1. The van der Waals surface area contributed by atoms with E-state index in [0.717, 1.165) is 21.0 Å². The quantitative estimate of drug-likeness (QED) is 0.361. The first-order chi connectivity index (χ1) is 16.3. The van der Waals surface area contributed by atoms with Crippen LogP contribution in [-0.4, -0.2) is 30.2 Å². The molecule has 0 aliphatic rings. The largest absolute Gasteiger partial charge is 0.468 e. The van der Waals surface area contributed by atoms with Gasteiger partial charge in [0.15, 0.2) is 4.80 Å². The lowest BCUT2D eigenvalue weighted by Crippen LogP contribution is -2.26. The minimum Gasteiger partial charge on any atom is -0.468 e. The number of benzene rings is 3. The lowest BCUT2D eigenvalue weighted by atomic mass is 10.1. The maximum absolute atomic E-state index is 12.9. The van der Waals surface area contributed by atoms with Crippen LogP contribution in [0.25, 0.3) is 21.0 Å². The van der Waals surface area contributed by atoms with Gasteiger partial charge in [0.25, 0.3) is 5.91 Å². The summed E-state index contributed by atoms with van der Waals surface area (Å²) in [4.78, 5) is 17.9. The number of hydrogen-bond donors (Lipinski definition) is 0. The summed E-state index contributed by atoms with van der Waals surface area (Å²) in [5, 5.41) is 2.22. The third-order valence-electron chi connectivity index (χ3n) is 5.65. The topological polar surface area (TPSA) is 84.9 Å². The molecule has 9 heteroatoms. The second-order valence-electron chi connectivity index (χ2n) is 7.86. The highest BCUT2D eigenvalue weighted by Gasteiger charge is 2.22. The molecule has 0 saturated carbocycles. The maximum atomic E-state index is 12.9. The Labute approximate surface area is 200 Å². The van der Waals surface area contributed by atoms with E-state index in [4.69, 9.17) is 4.42 Å². The number of hydrogen-bond acceptors (Lipinski definition) is 5. The number of nitrogens with zero attached hydrogens (tertiary/aromatic N) is 3. The molecule has 172 valence electrons. The van der Waals surface area contributed by atoms with Gasteiger partial charge in [-0.15, -0.1) is 0 Å². The Bertz CT molecular complexity index is 1680. The van der Waals surface area contributed by atoms with Gasteiger partial charge in [-0.2, -0.15) is 9.30 Å². The van der Waals surface area contributed by atoms with Gasteiger partial charge in [0, 0.05) is 25.0 Å². The van der Waals surface area contributed by atoms with Crippen LogP contribution in [-0.2, 0) is 23.6 Å². The number of aromatic nitrogens is 1. The predicted molar refractivity (Wildman–Crippen MR) is 132 cm³/mol. The molecule has 2 aromatic heterocycles. The highest BCUT2D eigenvalue weighted by atomic mass is 32.2. The van der Waals surface area contributed by atoms with E-state index < -0.39 is 15.9 Å². The van der Waals surface area contributed by atoms with Crippen LogP contribution in [0.15, 0.2) is 93.4 Å². The molecule has 2 heterocycles. The summed E-state index contributed by atoms with van der Waals surface area (Å²) in [5.41, 5.74) is 1.34. The summed E-state index contributed by atoms with van der Waals surface area (Å²) in [5.74, 6) is 0.111. The normalized spacial score (nSPS) is 12.7. The van der Waals surface area contributed by atoms with Gasteiger partial charge in [0.1, 0.15) is 5.76 Å². The Morgan fingerprint density at radius 3 is 2.53 bits per heavy atom. The standard InChI is InChI=1S/C25H21N3O4S2/c1-27(16-19-7-5-15-32-19)34(30,31)20-12-9-18(10-13-20)24(29)26-25-28(2)23-21-8-4-3-6-17(21)11-14-22(23)33-25/h3-15H,16H2,1-2H3. The maximum Gasteiger partial charge on any atom is 0.279 e. The summed E-state index contributed by atoms with van der Waals surface area (Å²) in [7, 11) is -0.358. The lowest BCUT2D eigenvalue weighted by Gasteiger charge is -2.16. The summed E-state index contributed by atoms with van der Waals surface area (Å²) in [6.45, 7) is 0.114. The Kier molecular flexibility index (Phi) is 5.68. The van der Waals surface area contributed by atoms with Crippen molar-refractivity contribution in [3.8, 4) is 0 Å². The van der Waals surface area contributed by atoms with Gasteiger partial charge in [0.05, 0.1) is 27.9 Å². The van der Waals surface area contributed by atoms with Crippen LogP contribution in [0.4, 0.5) is 0 Å². The SMILES string of the molecule is CN(Cc1ccco1)S(=O)(=O)c1ccc(C(=O)N=c2sc3ccc4ccccc4c3n2C)cc1. The number of amides is 1. The van der Waals surface area contributed by atoms with E-state index in [9.17, 15) is 13.2 Å². The van der Waals surface area contributed by atoms with Crippen molar-refractivity contribution in [3.63, 3.8) is 0 Å². The molecule has 0 unspecified atom stereocenters. The number of aryl methyl sites for hydroxylation is 1. The first kappa shape index (κ1) is 22.3. The number of furan rings is 1. The number of carbonyl (C=O) groups is 1. The van der Waals surface area contributed by atoms with Gasteiger partial charge >= 0.3 is 0 Å². The molecular weight excluding hydrogens is 470 g/mol. The van der Waals surface area contributed by atoms with Crippen LogP contribution in [0.1, 0.15) is 16.1 Å². The average molecular weight is 492 g/mol. The fourth-order valence-corrected chi connectivity index (χ4v) is 6.00. The monoisotopic (exact) mass is 491 g/mol. The van der Waals surface area contributed by atoms with Gasteiger partial charge in [0.2, 0.25) is 10.0 Å². The van der Waals surface area contributed by atoms with Crippen molar-refractivity contribution >= 4 is 48.3 Å². The van der Waals surface area contributed by atoms with Crippen molar-refractivity contribution < 1.29 is 17.6 Å². The summed E-state index contributed by atoms with van der Waals surface area (Å²) >= 11 is 1.44. The molecular formula is C25H21N3O4S2. The predicted octanol–water partition coefficient (Wildman–Crippen LogP) is 4.55. The summed E-state index contributed by atoms with van der Waals surface area (Å²) in [6.07, 6.45) is 1.50. The van der Waals surface area contributed by atoms with E-state index in [-0.39, 0.29) is 11.4 Å². The second kappa shape index (κ2) is 8.68. The zero-order chi connectivity index (χ0) is 23.9. The summed E-state index contributed by atoms with van der Waals surface area (Å²) in [6, 6.07) is 21.4. The van der Waals surface area contributed by atoms with Crippen LogP contribution in [0.5, 0.6) is 0 Å². The minimum atomic E-state index is -3.73. The molecule has 0 aliphatic heterocycles. The molecule has 0 spiro atoms. The highest BCUT2D eigenvalue weighted by molar-refractivity contribution is 7.89. The van der Waals surface area contributed by atoms with Crippen molar-refractivity contribution in [3.05, 3.63) is 95.2 Å². The number of sulfonamides is 1. The lowest BCUT2D eigenvalue weighted by molar-refractivity contribution is 0.0998. The molecule has 0 saturated heterocycles. The molecule has 3 aromatic carbocycles. The molecule has 1 amide bonds. The Morgan fingerprint density at radius 1 is 1.03 bits per heavy atom. The van der Waals surface area contributed by atoms with Crippen LogP contribution < -0.4 is 4.80 Å². The first-order valence-electron chi connectivity index (χ1n) is 10.5. The Hall–Kier alpha value is -3.53. The van der Waals surface area contributed by atoms with E-state index >= 15 is 0 Å². The fourth-order valence-electron chi connectivity index (χ4n) is 3.83. The van der Waals surface area contributed by atoms with Crippen LogP contribution >= 0.6 is 11.3 Å². The van der Waals surface area contributed by atoms with Crippen LogP contribution in [0.2, 0.25) is 0 Å². The van der Waals surface area contributed by atoms with Crippen molar-refractivity contribution in [1.29, 1.82) is 0 Å². The number of fused-ring (bicyclic) bond motifs is 3. The van der Waals surface area contributed by atoms with Crippen molar-refractivity contribution in [2.45, 2.75) is 11.4 Å². The van der Waals surface area contributed by atoms with E-state index in [0.29, 0.717) is 16.1 Å². The molecule has 0 bridgehead atoms. The average Bonchev–Trinajstić information content (AvgIpc) is 3.47. The summed E-state index contributed by atoms with van der Waals surface area (Å²) < 4.78 is 35.1. The van der Waals surface area contributed by atoms with Gasteiger partial charge < -0.3 is 8.98 Å². The van der Waals surface area contributed by atoms with E-state index in [1.165, 1.54) is 53.2 Å². The zero-order valence-electron chi connectivity index (χ0n) is 18.5. The molecule has 0 atom stereocenters. The Balaban J connectivity index is 1.44. The van der Waals surface area contributed by atoms with Gasteiger partial charge in [-0.05, 0) is 47.9 Å². The molecule has 7 nitrogen and oxygen atoms in total. The van der Waals surface area contributed by atoms with Crippen molar-refractivity contribution in [2.24, 2.45) is 12.0 Å². The molecule has 0 fully saturated rings. The van der Waals surface area contributed by atoms with Crippen molar-refractivity contribution in [1.82, 2.24) is 8.87 Å². The Morgan fingerprint density at radius 2 is 1.79 bits per heavy atom. The fraction of sp³-hybridized carbons (Fsp3) is 0.120. The molecule has 0 radical (unpaired) electrons. The van der Waals surface area contributed by atoms with Crippen LogP contribution in [0, 0.1) is 0 Å².